The first-order valence-electron chi connectivity index (χ1n) is 5.06. The van der Waals surface area contributed by atoms with E-state index in [0.29, 0.717) is 30.4 Å². The predicted octanol–water partition coefficient (Wildman–Crippen LogP) is 0.680. The summed E-state index contributed by atoms with van der Waals surface area (Å²) in [7, 11) is 0. The van der Waals surface area contributed by atoms with Gasteiger partial charge in [0, 0.05) is 13.1 Å². The van der Waals surface area contributed by atoms with Crippen molar-refractivity contribution in [1.29, 1.82) is 0 Å². The van der Waals surface area contributed by atoms with Gasteiger partial charge in [0.1, 0.15) is 0 Å². The predicted molar refractivity (Wildman–Crippen MR) is 62.2 cm³/mol. The molecule has 1 aromatic heterocycles. The molecule has 0 bridgehead atoms. The van der Waals surface area contributed by atoms with Gasteiger partial charge in [-0.1, -0.05) is 0 Å². The monoisotopic (exact) mass is 243 g/mol. The molecule has 1 saturated heterocycles. The molecule has 3 N–H and O–H groups in total. The summed E-state index contributed by atoms with van der Waals surface area (Å²) in [5.74, 6) is 0.555. The van der Waals surface area contributed by atoms with Gasteiger partial charge < -0.3 is 15.9 Å². The standard InChI is InChI=1S/C9H14ClN5O/c1-6-7(11)8(13-9(10)12-6)14-15-2-4-16-5-3-15/h2-5,11H2,1H3,(H,12,13,14). The fourth-order valence-electron chi connectivity index (χ4n) is 1.46. The number of nitrogens with one attached hydrogen (secondary N) is 1. The zero-order valence-corrected chi connectivity index (χ0v) is 9.79. The number of nitrogens with zero attached hydrogens (tertiary/aromatic N) is 3. The third kappa shape index (κ3) is 2.52. The second-order valence-corrected chi connectivity index (χ2v) is 3.89. The number of hydrazine groups is 1. The lowest BCUT2D eigenvalue weighted by Crippen LogP contribution is -2.40. The molecular weight excluding hydrogens is 230 g/mol. The van der Waals surface area contributed by atoms with Crippen molar-refractivity contribution in [2.45, 2.75) is 6.92 Å². The second-order valence-electron chi connectivity index (χ2n) is 3.55. The number of rotatable bonds is 2. The number of ether oxygens (including phenoxy) is 1. The van der Waals surface area contributed by atoms with Crippen molar-refractivity contribution in [3.8, 4) is 0 Å². The number of morpholine rings is 1. The number of aromatic nitrogens is 2. The van der Waals surface area contributed by atoms with Crippen LogP contribution in [-0.4, -0.2) is 41.3 Å². The van der Waals surface area contributed by atoms with Crippen LogP contribution in [0.3, 0.4) is 0 Å². The summed E-state index contributed by atoms with van der Waals surface area (Å²) < 4.78 is 5.24. The fraction of sp³-hybridized carbons (Fsp3) is 0.556. The molecule has 0 radical (unpaired) electrons. The van der Waals surface area contributed by atoms with E-state index in [9.17, 15) is 0 Å². The number of halogens is 1. The number of hydrogen-bond donors (Lipinski definition) is 2. The molecule has 1 fully saturated rings. The Morgan fingerprint density at radius 1 is 1.38 bits per heavy atom. The van der Waals surface area contributed by atoms with Crippen molar-refractivity contribution < 1.29 is 4.74 Å². The van der Waals surface area contributed by atoms with Gasteiger partial charge in [-0.05, 0) is 18.5 Å². The largest absolute Gasteiger partial charge is 0.394 e. The third-order valence-corrected chi connectivity index (χ3v) is 2.55. The maximum absolute atomic E-state index is 5.86. The van der Waals surface area contributed by atoms with Crippen molar-refractivity contribution in [1.82, 2.24) is 15.0 Å². The Labute approximate surface area is 98.7 Å². The smallest absolute Gasteiger partial charge is 0.224 e. The fourth-order valence-corrected chi connectivity index (χ4v) is 1.67. The van der Waals surface area contributed by atoms with Gasteiger partial charge in [0.05, 0.1) is 24.6 Å². The number of nitrogens with two attached hydrogens (primary N) is 1. The minimum atomic E-state index is 0.197. The Morgan fingerprint density at radius 3 is 2.75 bits per heavy atom. The van der Waals surface area contributed by atoms with E-state index in [1.807, 2.05) is 5.01 Å². The minimum Gasteiger partial charge on any atom is -0.394 e. The molecule has 7 heteroatoms. The maximum Gasteiger partial charge on any atom is 0.224 e. The summed E-state index contributed by atoms with van der Waals surface area (Å²) in [4.78, 5) is 8.04. The summed E-state index contributed by atoms with van der Waals surface area (Å²) in [6.45, 7) is 4.78. The molecule has 1 aliphatic heterocycles. The van der Waals surface area contributed by atoms with Gasteiger partial charge in [-0.2, -0.15) is 4.98 Å². The van der Waals surface area contributed by atoms with Crippen LogP contribution in [0.25, 0.3) is 0 Å². The summed E-state index contributed by atoms with van der Waals surface area (Å²) >= 11 is 5.78. The van der Waals surface area contributed by atoms with Crippen LogP contribution in [0.4, 0.5) is 11.5 Å². The van der Waals surface area contributed by atoms with Gasteiger partial charge in [-0.15, -0.1) is 0 Å². The first-order valence-corrected chi connectivity index (χ1v) is 5.43. The van der Waals surface area contributed by atoms with Crippen LogP contribution in [0.15, 0.2) is 0 Å². The van der Waals surface area contributed by atoms with Gasteiger partial charge in [0.2, 0.25) is 5.28 Å². The van der Waals surface area contributed by atoms with Crippen LogP contribution in [0.5, 0.6) is 0 Å². The Balaban J connectivity index is 2.13. The van der Waals surface area contributed by atoms with Crippen molar-refractivity contribution >= 4 is 23.1 Å². The van der Waals surface area contributed by atoms with E-state index in [1.54, 1.807) is 6.92 Å². The van der Waals surface area contributed by atoms with Gasteiger partial charge >= 0.3 is 0 Å². The molecule has 1 aromatic rings. The Morgan fingerprint density at radius 2 is 2.06 bits per heavy atom. The highest BCUT2D eigenvalue weighted by Crippen LogP contribution is 2.21. The zero-order chi connectivity index (χ0) is 11.5. The van der Waals surface area contributed by atoms with E-state index in [4.69, 9.17) is 22.1 Å². The summed E-state index contributed by atoms with van der Waals surface area (Å²) in [5, 5.41) is 2.19. The average Bonchev–Trinajstić information content (AvgIpc) is 2.27. The van der Waals surface area contributed by atoms with Crippen LogP contribution in [0, 0.1) is 6.92 Å². The van der Waals surface area contributed by atoms with Crippen molar-refractivity contribution in [2.75, 3.05) is 37.5 Å². The van der Waals surface area contributed by atoms with Crippen molar-refractivity contribution in [2.24, 2.45) is 0 Å². The third-order valence-electron chi connectivity index (χ3n) is 2.38. The Bertz CT molecular complexity index is 380. The van der Waals surface area contributed by atoms with Crippen molar-refractivity contribution in [3.05, 3.63) is 11.0 Å². The molecule has 0 spiro atoms. The normalized spacial score (nSPS) is 17.4. The lowest BCUT2D eigenvalue weighted by atomic mass is 10.3. The van der Waals surface area contributed by atoms with E-state index >= 15 is 0 Å². The number of nitrogen functional groups attached to an aromatic ring is 1. The number of aryl methyl sites for hydroxylation is 1. The summed E-state index contributed by atoms with van der Waals surface area (Å²) in [6, 6.07) is 0. The molecule has 6 nitrogen and oxygen atoms in total. The first-order chi connectivity index (χ1) is 7.66. The Kier molecular flexibility index (Phi) is 3.42. The molecule has 88 valence electrons. The second kappa shape index (κ2) is 4.82. The molecule has 0 unspecified atom stereocenters. The van der Waals surface area contributed by atoms with Crippen LogP contribution in [-0.2, 0) is 4.74 Å². The summed E-state index contributed by atoms with van der Waals surface area (Å²) in [6.07, 6.45) is 0. The van der Waals surface area contributed by atoms with E-state index in [0.717, 1.165) is 13.1 Å². The van der Waals surface area contributed by atoms with E-state index in [1.165, 1.54) is 0 Å². The maximum atomic E-state index is 5.86. The topological polar surface area (TPSA) is 76.3 Å². The highest BCUT2D eigenvalue weighted by atomic mass is 35.5. The highest BCUT2D eigenvalue weighted by molar-refractivity contribution is 6.28. The molecule has 0 amide bonds. The van der Waals surface area contributed by atoms with E-state index < -0.39 is 0 Å². The zero-order valence-electron chi connectivity index (χ0n) is 9.03. The quantitative estimate of drug-likeness (QED) is 0.744. The van der Waals surface area contributed by atoms with Crippen molar-refractivity contribution in [3.63, 3.8) is 0 Å². The van der Waals surface area contributed by atoms with Crippen LogP contribution in [0.1, 0.15) is 5.69 Å². The molecule has 2 rings (SSSR count). The number of anilines is 2. The minimum absolute atomic E-state index is 0.197. The highest BCUT2D eigenvalue weighted by Gasteiger charge is 2.14. The lowest BCUT2D eigenvalue weighted by Gasteiger charge is -2.27. The summed E-state index contributed by atoms with van der Waals surface area (Å²) in [5.41, 5.74) is 10.2. The van der Waals surface area contributed by atoms with E-state index in [2.05, 4.69) is 15.4 Å². The molecule has 16 heavy (non-hydrogen) atoms. The van der Waals surface area contributed by atoms with Crippen LogP contribution < -0.4 is 11.2 Å². The molecule has 0 aliphatic carbocycles. The van der Waals surface area contributed by atoms with Gasteiger partial charge in [0.15, 0.2) is 5.82 Å². The van der Waals surface area contributed by atoms with E-state index in [-0.39, 0.29) is 5.28 Å². The van der Waals surface area contributed by atoms with Gasteiger partial charge in [0.25, 0.3) is 0 Å². The number of hydrogen-bond acceptors (Lipinski definition) is 6. The molecular formula is C9H14ClN5O. The molecule has 1 aliphatic rings. The van der Waals surface area contributed by atoms with Gasteiger partial charge in [-0.3, -0.25) is 0 Å². The molecule has 2 heterocycles. The van der Waals surface area contributed by atoms with Crippen LogP contribution in [0.2, 0.25) is 5.28 Å². The molecule has 0 aromatic carbocycles. The molecule has 0 atom stereocenters. The SMILES string of the molecule is Cc1nc(Cl)nc(NN2CCOCC2)c1N. The van der Waals surface area contributed by atoms with Crippen LogP contribution >= 0.6 is 11.6 Å². The lowest BCUT2D eigenvalue weighted by molar-refractivity contribution is 0.0495. The first kappa shape index (κ1) is 11.4. The molecule has 0 saturated carbocycles. The average molecular weight is 244 g/mol. The van der Waals surface area contributed by atoms with Gasteiger partial charge in [-0.25, -0.2) is 9.99 Å². The Hall–Kier alpha value is -1.11.